The molecule has 0 saturated carbocycles. The number of hydrogen-bond donors (Lipinski definition) is 2. The molecule has 0 fully saturated rings. The summed E-state index contributed by atoms with van der Waals surface area (Å²) < 4.78 is 10.8. The molecule has 0 atom stereocenters. The summed E-state index contributed by atoms with van der Waals surface area (Å²) in [5, 5.41) is 6.57. The van der Waals surface area contributed by atoms with Gasteiger partial charge in [0.1, 0.15) is 0 Å². The second-order valence-corrected chi connectivity index (χ2v) is 5.11. The van der Waals surface area contributed by atoms with E-state index in [4.69, 9.17) is 9.47 Å². The molecule has 0 spiro atoms. The van der Waals surface area contributed by atoms with E-state index >= 15 is 0 Å². The predicted octanol–water partition coefficient (Wildman–Crippen LogP) is 2.97. The Morgan fingerprint density at radius 1 is 1.17 bits per heavy atom. The fraction of sp³-hybridized carbons (Fsp3) is 0.647. The van der Waals surface area contributed by atoms with Crippen LogP contribution in [0.4, 0.5) is 0 Å². The standard InChI is InChI=1S/C17H30N4O2.HI/c1-4-11-23-16-9-8-15(13-20-16)14-21-17(18-3)19-10-6-7-12-22-5-2;/h8-9,13H,4-7,10-12,14H2,1-3H3,(H2,18,19,21);1H. The van der Waals surface area contributed by atoms with Crippen LogP contribution < -0.4 is 15.4 Å². The maximum Gasteiger partial charge on any atom is 0.213 e. The van der Waals surface area contributed by atoms with Gasteiger partial charge in [-0.25, -0.2) is 4.98 Å². The summed E-state index contributed by atoms with van der Waals surface area (Å²) in [5.74, 6) is 1.47. The molecule has 6 nitrogen and oxygen atoms in total. The monoisotopic (exact) mass is 450 g/mol. The summed E-state index contributed by atoms with van der Waals surface area (Å²) in [4.78, 5) is 8.50. The van der Waals surface area contributed by atoms with Crippen LogP contribution in [0.1, 0.15) is 38.7 Å². The molecule has 0 aliphatic rings. The minimum atomic E-state index is 0. The molecule has 7 heteroatoms. The third-order valence-corrected chi connectivity index (χ3v) is 3.15. The van der Waals surface area contributed by atoms with Crippen LogP contribution in [0.5, 0.6) is 5.88 Å². The summed E-state index contributed by atoms with van der Waals surface area (Å²) >= 11 is 0. The zero-order valence-electron chi connectivity index (χ0n) is 15.0. The zero-order valence-corrected chi connectivity index (χ0v) is 17.3. The van der Waals surface area contributed by atoms with Crippen molar-refractivity contribution in [3.8, 4) is 5.88 Å². The Hall–Kier alpha value is -1.09. The molecule has 0 unspecified atom stereocenters. The molecule has 1 aromatic heterocycles. The molecule has 0 aliphatic heterocycles. The van der Waals surface area contributed by atoms with Crippen molar-refractivity contribution < 1.29 is 9.47 Å². The van der Waals surface area contributed by atoms with Crippen molar-refractivity contribution in [3.63, 3.8) is 0 Å². The maximum atomic E-state index is 5.47. The summed E-state index contributed by atoms with van der Waals surface area (Å²) in [6.45, 7) is 7.96. The summed E-state index contributed by atoms with van der Waals surface area (Å²) in [7, 11) is 1.77. The van der Waals surface area contributed by atoms with Crippen molar-refractivity contribution in [1.29, 1.82) is 0 Å². The average Bonchev–Trinajstić information content (AvgIpc) is 2.59. The van der Waals surface area contributed by atoms with Gasteiger partial charge in [0, 0.05) is 45.6 Å². The molecular formula is C17H31IN4O2. The van der Waals surface area contributed by atoms with Gasteiger partial charge in [0.25, 0.3) is 0 Å². The van der Waals surface area contributed by atoms with Crippen LogP contribution in [-0.2, 0) is 11.3 Å². The number of aromatic nitrogens is 1. The summed E-state index contributed by atoms with van der Waals surface area (Å²) in [6.07, 6.45) is 4.93. The minimum absolute atomic E-state index is 0. The van der Waals surface area contributed by atoms with Crippen LogP contribution in [0.15, 0.2) is 23.3 Å². The third kappa shape index (κ3) is 10.6. The Morgan fingerprint density at radius 2 is 2.00 bits per heavy atom. The Kier molecular flexibility index (Phi) is 14.7. The molecule has 0 radical (unpaired) electrons. The van der Waals surface area contributed by atoms with E-state index in [-0.39, 0.29) is 24.0 Å². The van der Waals surface area contributed by atoms with Gasteiger partial charge < -0.3 is 20.1 Å². The molecule has 1 rings (SSSR count). The molecule has 0 amide bonds. The first-order chi connectivity index (χ1) is 11.3. The number of pyridine rings is 1. The van der Waals surface area contributed by atoms with E-state index in [9.17, 15) is 0 Å². The highest BCUT2D eigenvalue weighted by Gasteiger charge is 2.00. The molecule has 2 N–H and O–H groups in total. The van der Waals surface area contributed by atoms with Crippen molar-refractivity contribution in [3.05, 3.63) is 23.9 Å². The van der Waals surface area contributed by atoms with Crippen LogP contribution in [0.3, 0.4) is 0 Å². The Balaban J connectivity index is 0.00000529. The van der Waals surface area contributed by atoms with Crippen molar-refractivity contribution in [2.75, 3.05) is 33.4 Å². The van der Waals surface area contributed by atoms with E-state index in [1.54, 1.807) is 7.05 Å². The van der Waals surface area contributed by atoms with Gasteiger partial charge in [0.15, 0.2) is 5.96 Å². The predicted molar refractivity (Wildman–Crippen MR) is 109 cm³/mol. The number of nitrogens with one attached hydrogen (secondary N) is 2. The van der Waals surface area contributed by atoms with E-state index < -0.39 is 0 Å². The van der Waals surface area contributed by atoms with Crippen molar-refractivity contribution >= 4 is 29.9 Å². The average molecular weight is 450 g/mol. The van der Waals surface area contributed by atoms with Crippen LogP contribution in [-0.4, -0.2) is 44.4 Å². The van der Waals surface area contributed by atoms with E-state index in [1.807, 2.05) is 25.3 Å². The minimum Gasteiger partial charge on any atom is -0.478 e. The van der Waals surface area contributed by atoms with Gasteiger partial charge >= 0.3 is 0 Å². The highest BCUT2D eigenvalue weighted by molar-refractivity contribution is 14.0. The first kappa shape index (κ1) is 22.9. The Labute approximate surface area is 162 Å². The number of halogens is 1. The van der Waals surface area contributed by atoms with E-state index in [1.165, 1.54) is 0 Å². The molecule has 0 bridgehead atoms. The van der Waals surface area contributed by atoms with Gasteiger partial charge in [0.05, 0.1) is 6.61 Å². The van der Waals surface area contributed by atoms with Crippen LogP contribution >= 0.6 is 24.0 Å². The highest BCUT2D eigenvalue weighted by atomic mass is 127. The van der Waals surface area contributed by atoms with Gasteiger partial charge in [-0.3, -0.25) is 4.99 Å². The van der Waals surface area contributed by atoms with Crippen molar-refractivity contribution in [2.45, 2.75) is 39.7 Å². The smallest absolute Gasteiger partial charge is 0.213 e. The van der Waals surface area contributed by atoms with Gasteiger partial charge in [-0.05, 0) is 31.7 Å². The number of guanidine groups is 1. The fourth-order valence-corrected chi connectivity index (χ4v) is 1.89. The van der Waals surface area contributed by atoms with Gasteiger partial charge in [-0.1, -0.05) is 13.0 Å². The van der Waals surface area contributed by atoms with Gasteiger partial charge in [0.2, 0.25) is 5.88 Å². The quantitative estimate of drug-likeness (QED) is 0.235. The second-order valence-electron chi connectivity index (χ2n) is 5.11. The lowest BCUT2D eigenvalue weighted by Crippen LogP contribution is -2.37. The van der Waals surface area contributed by atoms with Crippen molar-refractivity contribution in [1.82, 2.24) is 15.6 Å². The molecular weight excluding hydrogens is 419 g/mol. The molecule has 0 saturated heterocycles. The van der Waals surface area contributed by atoms with E-state index in [0.717, 1.165) is 50.5 Å². The van der Waals surface area contributed by atoms with Crippen LogP contribution in [0.2, 0.25) is 0 Å². The van der Waals surface area contributed by atoms with E-state index in [2.05, 4.69) is 27.5 Å². The Morgan fingerprint density at radius 3 is 2.62 bits per heavy atom. The summed E-state index contributed by atoms with van der Waals surface area (Å²) in [5.41, 5.74) is 1.09. The van der Waals surface area contributed by atoms with Gasteiger partial charge in [-0.2, -0.15) is 0 Å². The molecule has 24 heavy (non-hydrogen) atoms. The number of aliphatic imine (C=N–C) groups is 1. The second kappa shape index (κ2) is 15.4. The number of ether oxygens (including phenoxy) is 2. The molecule has 138 valence electrons. The first-order valence-corrected chi connectivity index (χ1v) is 8.40. The molecule has 1 heterocycles. The lowest BCUT2D eigenvalue weighted by Gasteiger charge is -2.12. The molecule has 0 aromatic carbocycles. The third-order valence-electron chi connectivity index (χ3n) is 3.15. The molecule has 0 aliphatic carbocycles. The van der Waals surface area contributed by atoms with Crippen molar-refractivity contribution in [2.24, 2.45) is 4.99 Å². The summed E-state index contributed by atoms with van der Waals surface area (Å²) in [6, 6.07) is 3.91. The van der Waals surface area contributed by atoms with Crippen LogP contribution in [0, 0.1) is 0 Å². The fourth-order valence-electron chi connectivity index (χ4n) is 1.89. The first-order valence-electron chi connectivity index (χ1n) is 8.40. The number of nitrogens with zero attached hydrogens (tertiary/aromatic N) is 2. The number of hydrogen-bond acceptors (Lipinski definition) is 4. The topological polar surface area (TPSA) is 67.8 Å². The Bertz CT molecular complexity index is 441. The van der Waals surface area contributed by atoms with Crippen LogP contribution in [0.25, 0.3) is 0 Å². The number of rotatable bonds is 11. The van der Waals surface area contributed by atoms with Gasteiger partial charge in [-0.15, -0.1) is 24.0 Å². The maximum absolute atomic E-state index is 5.47. The normalized spacial score (nSPS) is 10.9. The lowest BCUT2D eigenvalue weighted by molar-refractivity contribution is 0.143. The SMILES string of the molecule is CCCOc1ccc(CNC(=NC)NCCCCOCC)cn1.I. The highest BCUT2D eigenvalue weighted by Crippen LogP contribution is 2.07. The van der Waals surface area contributed by atoms with E-state index in [0.29, 0.717) is 19.0 Å². The molecule has 1 aromatic rings. The number of unbranched alkanes of at least 4 members (excludes halogenated alkanes) is 1. The largest absolute Gasteiger partial charge is 0.478 e. The lowest BCUT2D eigenvalue weighted by atomic mass is 10.3. The zero-order chi connectivity index (χ0) is 16.8.